The zero-order valence-corrected chi connectivity index (χ0v) is 13.5. The van der Waals surface area contributed by atoms with E-state index < -0.39 is 33.4 Å². The van der Waals surface area contributed by atoms with Gasteiger partial charge in [-0.15, -0.1) is 0 Å². The number of aliphatic hydroxyl groups excluding tert-OH is 1. The molecule has 0 amide bonds. The Hall–Kier alpha value is -2.72. The fourth-order valence-corrected chi connectivity index (χ4v) is 4.17. The molecule has 2 aromatic carbocycles. The molecule has 1 aliphatic rings. The number of halogens is 1. The Morgan fingerprint density at radius 2 is 1.96 bits per heavy atom. The topological polar surface area (TPSA) is 110 Å². The molecular weight excluding hydrogens is 355 g/mol. The van der Waals surface area contributed by atoms with Crippen molar-refractivity contribution in [2.75, 3.05) is 17.5 Å². The second-order valence-corrected chi connectivity index (χ2v) is 7.13. The second kappa shape index (κ2) is 6.30. The molecule has 1 unspecified atom stereocenters. The lowest BCUT2D eigenvalue weighted by molar-refractivity contribution is -0.384. The molecule has 25 heavy (non-hydrogen) atoms. The van der Waals surface area contributed by atoms with Gasteiger partial charge in [-0.25, -0.2) is 12.8 Å². The number of nitrogens with zero attached hydrogens (tertiary/aromatic N) is 2. The molecule has 132 valence electrons. The van der Waals surface area contributed by atoms with Crippen molar-refractivity contribution in [3.63, 3.8) is 0 Å². The number of rotatable bonds is 4. The Kier molecular flexibility index (Phi) is 4.31. The third kappa shape index (κ3) is 3.01. The molecule has 1 atom stereocenters. The summed E-state index contributed by atoms with van der Waals surface area (Å²) in [4.78, 5) is 10.1. The molecule has 0 aliphatic carbocycles. The predicted molar refractivity (Wildman–Crippen MR) is 85.5 cm³/mol. The van der Waals surface area contributed by atoms with Crippen LogP contribution in [0.25, 0.3) is 0 Å². The van der Waals surface area contributed by atoms with Crippen LogP contribution in [0.5, 0.6) is 5.75 Å². The Morgan fingerprint density at radius 1 is 1.28 bits per heavy atom. The van der Waals surface area contributed by atoms with Gasteiger partial charge in [0, 0.05) is 12.1 Å². The maximum Gasteiger partial charge on any atom is 0.271 e. The minimum absolute atomic E-state index is 0.0520. The standard InChI is InChI=1S/C15H13FN2O6S/c16-10-1-4-13(5-2-10)25(22,23)17-12(8-19)9-24-15-6-3-11(18(20)21)7-14(15)17/h1-7,12,19H,8-9H2. The first kappa shape index (κ1) is 17.1. The highest BCUT2D eigenvalue weighted by molar-refractivity contribution is 7.92. The minimum Gasteiger partial charge on any atom is -0.489 e. The zero-order valence-electron chi connectivity index (χ0n) is 12.7. The summed E-state index contributed by atoms with van der Waals surface area (Å²) in [7, 11) is -4.19. The summed E-state index contributed by atoms with van der Waals surface area (Å²) in [5.74, 6) is -0.461. The van der Waals surface area contributed by atoms with E-state index in [9.17, 15) is 28.0 Å². The Labute approximate surface area is 142 Å². The van der Waals surface area contributed by atoms with E-state index in [1.807, 2.05) is 0 Å². The van der Waals surface area contributed by atoms with Crippen LogP contribution >= 0.6 is 0 Å². The van der Waals surface area contributed by atoms with Gasteiger partial charge in [-0.3, -0.25) is 14.4 Å². The molecule has 3 rings (SSSR count). The van der Waals surface area contributed by atoms with Crippen molar-refractivity contribution in [1.29, 1.82) is 0 Å². The molecule has 0 radical (unpaired) electrons. The van der Waals surface area contributed by atoms with E-state index in [0.29, 0.717) is 0 Å². The quantitative estimate of drug-likeness (QED) is 0.649. The first-order valence-corrected chi connectivity index (χ1v) is 8.60. The molecule has 0 bridgehead atoms. The Morgan fingerprint density at radius 3 is 2.56 bits per heavy atom. The average Bonchev–Trinajstić information content (AvgIpc) is 2.60. The molecule has 0 fully saturated rings. The van der Waals surface area contributed by atoms with Crippen LogP contribution in [0.3, 0.4) is 0 Å². The van der Waals surface area contributed by atoms with Gasteiger partial charge in [0.25, 0.3) is 15.7 Å². The number of nitro groups is 1. The van der Waals surface area contributed by atoms with Crippen molar-refractivity contribution in [3.8, 4) is 5.75 Å². The summed E-state index contributed by atoms with van der Waals surface area (Å²) in [6.45, 7) is -0.676. The Balaban J connectivity index is 2.17. The number of fused-ring (bicyclic) bond motifs is 1. The summed E-state index contributed by atoms with van der Waals surface area (Å²) < 4.78 is 45.3. The van der Waals surface area contributed by atoms with Crippen LogP contribution < -0.4 is 9.04 Å². The highest BCUT2D eigenvalue weighted by atomic mass is 32.2. The Bertz CT molecular complexity index is 916. The lowest BCUT2D eigenvalue weighted by Gasteiger charge is -2.36. The number of benzene rings is 2. The van der Waals surface area contributed by atoms with Crippen LogP contribution in [0, 0.1) is 15.9 Å². The van der Waals surface area contributed by atoms with Gasteiger partial charge in [0.05, 0.1) is 16.4 Å². The number of non-ortho nitro benzene ring substituents is 1. The first-order chi connectivity index (χ1) is 11.8. The lowest BCUT2D eigenvalue weighted by atomic mass is 10.2. The lowest BCUT2D eigenvalue weighted by Crippen LogP contribution is -2.48. The van der Waals surface area contributed by atoms with Gasteiger partial charge in [0.1, 0.15) is 29.9 Å². The fraction of sp³-hybridized carbons (Fsp3) is 0.200. The third-order valence-corrected chi connectivity index (χ3v) is 5.62. The highest BCUT2D eigenvalue weighted by Gasteiger charge is 2.38. The van der Waals surface area contributed by atoms with Gasteiger partial charge >= 0.3 is 0 Å². The van der Waals surface area contributed by atoms with E-state index >= 15 is 0 Å². The summed E-state index contributed by atoms with van der Waals surface area (Å²) in [6, 6.07) is 6.76. The summed E-state index contributed by atoms with van der Waals surface area (Å²) >= 11 is 0. The second-order valence-electron chi connectivity index (χ2n) is 5.31. The number of aliphatic hydroxyl groups is 1. The average molecular weight is 368 g/mol. The van der Waals surface area contributed by atoms with Gasteiger partial charge < -0.3 is 9.84 Å². The highest BCUT2D eigenvalue weighted by Crippen LogP contribution is 2.39. The number of hydrogen-bond acceptors (Lipinski definition) is 6. The van der Waals surface area contributed by atoms with Crippen LogP contribution in [0.1, 0.15) is 0 Å². The van der Waals surface area contributed by atoms with E-state index in [1.54, 1.807) is 0 Å². The van der Waals surface area contributed by atoms with Crippen molar-refractivity contribution in [2.45, 2.75) is 10.9 Å². The van der Waals surface area contributed by atoms with Gasteiger partial charge in [-0.1, -0.05) is 0 Å². The molecule has 1 N–H and O–H groups in total. The van der Waals surface area contributed by atoms with Crippen LogP contribution in [0.2, 0.25) is 0 Å². The van der Waals surface area contributed by atoms with Gasteiger partial charge in [0.2, 0.25) is 0 Å². The number of nitro benzene ring substituents is 1. The van der Waals surface area contributed by atoms with Crippen molar-refractivity contribution in [2.24, 2.45) is 0 Å². The van der Waals surface area contributed by atoms with E-state index in [0.717, 1.165) is 34.6 Å². The molecule has 0 saturated carbocycles. The molecule has 10 heteroatoms. The first-order valence-electron chi connectivity index (χ1n) is 7.16. The van der Waals surface area contributed by atoms with Crippen LogP contribution in [0.15, 0.2) is 47.4 Å². The van der Waals surface area contributed by atoms with E-state index in [-0.39, 0.29) is 28.6 Å². The minimum atomic E-state index is -4.19. The molecule has 1 heterocycles. The fourth-order valence-electron chi connectivity index (χ4n) is 2.54. The van der Waals surface area contributed by atoms with Gasteiger partial charge in [-0.2, -0.15) is 0 Å². The zero-order chi connectivity index (χ0) is 18.2. The maximum absolute atomic E-state index is 13.1. The molecular formula is C15H13FN2O6S. The van der Waals surface area contributed by atoms with E-state index in [2.05, 4.69) is 0 Å². The largest absolute Gasteiger partial charge is 0.489 e. The monoisotopic (exact) mass is 368 g/mol. The van der Waals surface area contributed by atoms with Crippen molar-refractivity contribution in [1.82, 2.24) is 0 Å². The van der Waals surface area contributed by atoms with Crippen LogP contribution in [-0.4, -0.2) is 37.7 Å². The van der Waals surface area contributed by atoms with Gasteiger partial charge in [-0.05, 0) is 30.3 Å². The summed E-state index contributed by atoms with van der Waals surface area (Å²) in [6.07, 6.45) is 0. The van der Waals surface area contributed by atoms with Crippen LogP contribution in [0.4, 0.5) is 15.8 Å². The molecule has 2 aromatic rings. The normalized spacial score (nSPS) is 16.9. The predicted octanol–water partition coefficient (Wildman–Crippen LogP) is 1.68. The number of sulfonamides is 1. The number of ether oxygens (including phenoxy) is 1. The molecule has 0 spiro atoms. The smallest absolute Gasteiger partial charge is 0.271 e. The van der Waals surface area contributed by atoms with Crippen molar-refractivity contribution in [3.05, 3.63) is 58.4 Å². The van der Waals surface area contributed by atoms with Crippen molar-refractivity contribution < 1.29 is 27.6 Å². The molecule has 0 aromatic heterocycles. The molecule has 1 aliphatic heterocycles. The van der Waals surface area contributed by atoms with Crippen LogP contribution in [-0.2, 0) is 10.0 Å². The number of anilines is 1. The summed E-state index contributed by atoms with van der Waals surface area (Å²) in [5, 5.41) is 20.5. The van der Waals surface area contributed by atoms with Gasteiger partial charge in [0.15, 0.2) is 0 Å². The molecule has 8 nitrogen and oxygen atoms in total. The SMILES string of the molecule is O=[N+]([O-])c1ccc2c(c1)N(S(=O)(=O)c1ccc(F)cc1)C(CO)CO2. The van der Waals surface area contributed by atoms with E-state index in [1.165, 1.54) is 12.1 Å². The van der Waals surface area contributed by atoms with Crippen molar-refractivity contribution >= 4 is 21.4 Å². The summed E-state index contributed by atoms with van der Waals surface area (Å²) in [5.41, 5.74) is -0.371. The number of hydrogen-bond donors (Lipinski definition) is 1. The molecule has 0 saturated heterocycles. The third-order valence-electron chi connectivity index (χ3n) is 3.73. The van der Waals surface area contributed by atoms with E-state index in [4.69, 9.17) is 4.74 Å². The maximum atomic E-state index is 13.1.